The van der Waals surface area contributed by atoms with E-state index >= 15 is 0 Å². The first kappa shape index (κ1) is 21.5. The summed E-state index contributed by atoms with van der Waals surface area (Å²) in [7, 11) is -3.25. The van der Waals surface area contributed by atoms with Gasteiger partial charge in [0.1, 0.15) is 0 Å². The first-order valence-corrected chi connectivity index (χ1v) is 11.3. The zero-order valence-corrected chi connectivity index (χ0v) is 17.2. The van der Waals surface area contributed by atoms with Crippen LogP contribution in [0.1, 0.15) is 32.3 Å². The molecule has 1 aliphatic heterocycles. The second-order valence-corrected chi connectivity index (χ2v) is 8.63. The molecule has 0 spiro atoms. The summed E-state index contributed by atoms with van der Waals surface area (Å²) < 4.78 is 35.9. The van der Waals surface area contributed by atoms with Gasteiger partial charge in [-0.15, -0.1) is 0 Å². The minimum absolute atomic E-state index is 0.0840. The van der Waals surface area contributed by atoms with Crippen molar-refractivity contribution in [2.75, 3.05) is 39.1 Å². The predicted molar refractivity (Wildman–Crippen MR) is 105 cm³/mol. The highest BCUT2D eigenvalue weighted by molar-refractivity contribution is 7.88. The number of benzene rings is 1. The Morgan fingerprint density at radius 2 is 1.93 bits per heavy atom. The largest absolute Gasteiger partial charge is 0.490 e. The molecule has 0 aliphatic carbocycles. The van der Waals surface area contributed by atoms with Crippen LogP contribution in [-0.4, -0.2) is 57.7 Å². The fourth-order valence-corrected chi connectivity index (χ4v) is 4.09. The molecule has 1 saturated heterocycles. The molecule has 1 heterocycles. The molecule has 1 fully saturated rings. The van der Waals surface area contributed by atoms with E-state index in [4.69, 9.17) is 9.47 Å². The summed E-state index contributed by atoms with van der Waals surface area (Å²) >= 11 is 0. The minimum Gasteiger partial charge on any atom is -0.490 e. The summed E-state index contributed by atoms with van der Waals surface area (Å²) in [5.74, 6) is 1.06. The zero-order chi connectivity index (χ0) is 19.9. The first-order valence-electron chi connectivity index (χ1n) is 9.46. The third-order valence-corrected chi connectivity index (χ3v) is 5.81. The van der Waals surface area contributed by atoms with Crippen molar-refractivity contribution in [1.29, 1.82) is 0 Å². The van der Waals surface area contributed by atoms with E-state index in [0.717, 1.165) is 17.7 Å². The number of carbonyl (C=O) groups excluding carboxylic acids is 1. The number of piperidine rings is 1. The van der Waals surface area contributed by atoms with Crippen LogP contribution in [0.4, 0.5) is 0 Å². The van der Waals surface area contributed by atoms with Gasteiger partial charge < -0.3 is 14.8 Å². The lowest BCUT2D eigenvalue weighted by Gasteiger charge is -2.30. The number of sulfonamides is 1. The highest BCUT2D eigenvalue weighted by Gasteiger charge is 2.29. The van der Waals surface area contributed by atoms with Gasteiger partial charge in [0.2, 0.25) is 15.9 Å². The standard InChI is InChI=1S/C19H30N2O5S/c1-4-25-17-9-8-15(13-18(17)26-5-2)10-11-20-19(22)16-7-6-12-21(14-16)27(3,23)24/h8-9,13,16H,4-7,10-12,14H2,1-3H3,(H,20,22)/t16-/m1/s1. The molecule has 1 amide bonds. The topological polar surface area (TPSA) is 84.9 Å². The Kier molecular flexibility index (Phi) is 7.91. The fourth-order valence-electron chi connectivity index (χ4n) is 3.18. The molecule has 0 aromatic heterocycles. The Labute approximate surface area is 162 Å². The first-order chi connectivity index (χ1) is 12.8. The molecular formula is C19H30N2O5S. The van der Waals surface area contributed by atoms with Gasteiger partial charge in [0, 0.05) is 19.6 Å². The van der Waals surface area contributed by atoms with Gasteiger partial charge >= 0.3 is 0 Å². The lowest BCUT2D eigenvalue weighted by molar-refractivity contribution is -0.126. The van der Waals surface area contributed by atoms with Gasteiger partial charge in [-0.3, -0.25) is 4.79 Å². The Balaban J connectivity index is 1.88. The molecule has 0 radical (unpaired) electrons. The Bertz CT molecular complexity index is 736. The van der Waals surface area contributed by atoms with E-state index in [0.29, 0.717) is 44.9 Å². The van der Waals surface area contributed by atoms with Gasteiger partial charge in [0.25, 0.3) is 0 Å². The van der Waals surface area contributed by atoms with E-state index in [9.17, 15) is 13.2 Å². The summed E-state index contributed by atoms with van der Waals surface area (Å²) in [6.45, 7) is 6.23. The number of rotatable bonds is 9. The minimum atomic E-state index is -3.25. The molecule has 1 aromatic rings. The summed E-state index contributed by atoms with van der Waals surface area (Å²) in [5, 5.41) is 2.93. The third kappa shape index (κ3) is 6.39. The van der Waals surface area contributed by atoms with Gasteiger partial charge in [-0.2, -0.15) is 0 Å². The SMILES string of the molecule is CCOc1ccc(CCNC(=O)[C@@H]2CCCN(S(C)(=O)=O)C2)cc1OCC. The van der Waals surface area contributed by atoms with Crippen LogP contribution < -0.4 is 14.8 Å². The predicted octanol–water partition coefficient (Wildman–Crippen LogP) is 1.81. The van der Waals surface area contributed by atoms with Crippen molar-refractivity contribution >= 4 is 15.9 Å². The second-order valence-electron chi connectivity index (χ2n) is 6.65. The van der Waals surface area contributed by atoms with Crippen molar-refractivity contribution < 1.29 is 22.7 Å². The number of carbonyl (C=O) groups is 1. The Hall–Kier alpha value is -1.80. The van der Waals surface area contributed by atoms with Crippen molar-refractivity contribution in [3.8, 4) is 11.5 Å². The van der Waals surface area contributed by atoms with Gasteiger partial charge in [-0.1, -0.05) is 6.07 Å². The van der Waals surface area contributed by atoms with Crippen LogP contribution in [0, 0.1) is 5.92 Å². The second kappa shape index (κ2) is 9.94. The number of amides is 1. The van der Waals surface area contributed by atoms with Crippen LogP contribution in [0.2, 0.25) is 0 Å². The van der Waals surface area contributed by atoms with Crippen molar-refractivity contribution in [1.82, 2.24) is 9.62 Å². The van der Waals surface area contributed by atoms with Crippen LogP contribution in [0.5, 0.6) is 11.5 Å². The average molecular weight is 399 g/mol. The van der Waals surface area contributed by atoms with E-state index in [1.54, 1.807) is 0 Å². The molecule has 152 valence electrons. The molecule has 8 heteroatoms. The van der Waals surface area contributed by atoms with Gasteiger partial charge in [-0.25, -0.2) is 12.7 Å². The highest BCUT2D eigenvalue weighted by atomic mass is 32.2. The van der Waals surface area contributed by atoms with Gasteiger partial charge in [-0.05, 0) is 50.8 Å². The van der Waals surface area contributed by atoms with Crippen molar-refractivity contribution in [2.24, 2.45) is 5.92 Å². The van der Waals surface area contributed by atoms with E-state index in [2.05, 4.69) is 5.32 Å². The summed E-state index contributed by atoms with van der Waals surface area (Å²) in [6.07, 6.45) is 3.28. The zero-order valence-electron chi connectivity index (χ0n) is 16.4. The molecule has 0 bridgehead atoms. The number of nitrogens with one attached hydrogen (secondary N) is 1. The number of hydrogen-bond acceptors (Lipinski definition) is 5. The lowest BCUT2D eigenvalue weighted by atomic mass is 9.99. The van der Waals surface area contributed by atoms with E-state index in [-0.39, 0.29) is 18.4 Å². The van der Waals surface area contributed by atoms with Gasteiger partial charge in [0.15, 0.2) is 11.5 Å². The molecular weight excluding hydrogens is 368 g/mol. The van der Waals surface area contributed by atoms with E-state index in [1.165, 1.54) is 10.6 Å². The molecule has 1 N–H and O–H groups in total. The quantitative estimate of drug-likeness (QED) is 0.686. The van der Waals surface area contributed by atoms with Crippen LogP contribution in [0.3, 0.4) is 0 Å². The van der Waals surface area contributed by atoms with E-state index in [1.807, 2.05) is 32.0 Å². The highest BCUT2D eigenvalue weighted by Crippen LogP contribution is 2.28. The molecule has 2 rings (SSSR count). The average Bonchev–Trinajstić information content (AvgIpc) is 2.63. The van der Waals surface area contributed by atoms with E-state index < -0.39 is 10.0 Å². The molecule has 1 atom stereocenters. The van der Waals surface area contributed by atoms with Crippen molar-refractivity contribution in [2.45, 2.75) is 33.1 Å². The maximum atomic E-state index is 12.4. The van der Waals surface area contributed by atoms with Crippen LogP contribution in [-0.2, 0) is 21.2 Å². The monoisotopic (exact) mass is 398 g/mol. The van der Waals surface area contributed by atoms with Crippen molar-refractivity contribution in [3.05, 3.63) is 23.8 Å². The molecule has 1 aliphatic rings. The van der Waals surface area contributed by atoms with Crippen molar-refractivity contribution in [3.63, 3.8) is 0 Å². The summed E-state index contributed by atoms with van der Waals surface area (Å²) in [6, 6.07) is 5.79. The smallest absolute Gasteiger partial charge is 0.224 e. The fraction of sp³-hybridized carbons (Fsp3) is 0.632. The normalized spacial score (nSPS) is 18.1. The third-order valence-electron chi connectivity index (χ3n) is 4.54. The molecule has 27 heavy (non-hydrogen) atoms. The maximum absolute atomic E-state index is 12.4. The summed E-state index contributed by atoms with van der Waals surface area (Å²) in [4.78, 5) is 12.4. The molecule has 1 aromatic carbocycles. The number of ether oxygens (including phenoxy) is 2. The summed E-state index contributed by atoms with van der Waals surface area (Å²) in [5.41, 5.74) is 1.05. The molecule has 0 unspecified atom stereocenters. The maximum Gasteiger partial charge on any atom is 0.224 e. The number of nitrogens with zero attached hydrogens (tertiary/aromatic N) is 1. The number of hydrogen-bond donors (Lipinski definition) is 1. The van der Waals surface area contributed by atoms with Crippen LogP contribution in [0.15, 0.2) is 18.2 Å². The molecule has 0 saturated carbocycles. The van der Waals surface area contributed by atoms with Crippen LogP contribution in [0.25, 0.3) is 0 Å². The van der Waals surface area contributed by atoms with Crippen LogP contribution >= 0.6 is 0 Å². The Morgan fingerprint density at radius 1 is 1.22 bits per heavy atom. The Morgan fingerprint density at radius 3 is 2.59 bits per heavy atom. The lowest BCUT2D eigenvalue weighted by Crippen LogP contribution is -2.45. The molecule has 7 nitrogen and oxygen atoms in total. The van der Waals surface area contributed by atoms with Gasteiger partial charge in [0.05, 0.1) is 25.4 Å².